The van der Waals surface area contributed by atoms with E-state index in [1.54, 1.807) is 18.2 Å². The molecule has 98 valence electrons. The molecule has 3 nitrogen and oxygen atoms in total. The molecule has 0 fully saturated rings. The summed E-state index contributed by atoms with van der Waals surface area (Å²) < 4.78 is 13.5. The van der Waals surface area contributed by atoms with Crippen molar-refractivity contribution in [2.45, 2.75) is 6.54 Å². The van der Waals surface area contributed by atoms with Gasteiger partial charge in [-0.25, -0.2) is 4.39 Å². The third kappa shape index (κ3) is 3.30. The van der Waals surface area contributed by atoms with E-state index >= 15 is 0 Å². The molecule has 0 saturated carbocycles. The van der Waals surface area contributed by atoms with Crippen molar-refractivity contribution in [3.8, 4) is 0 Å². The van der Waals surface area contributed by atoms with Crippen LogP contribution >= 0.6 is 11.6 Å². The zero-order chi connectivity index (χ0) is 13.8. The molecule has 0 aliphatic heterocycles. The van der Waals surface area contributed by atoms with Gasteiger partial charge in [-0.1, -0.05) is 23.7 Å². The summed E-state index contributed by atoms with van der Waals surface area (Å²) in [6, 6.07) is 10.9. The molecule has 0 atom stereocenters. The number of anilines is 1. The molecule has 19 heavy (non-hydrogen) atoms. The molecule has 0 radical (unpaired) electrons. The van der Waals surface area contributed by atoms with Gasteiger partial charge >= 0.3 is 0 Å². The Morgan fingerprint density at radius 3 is 2.79 bits per heavy atom. The highest BCUT2D eigenvalue weighted by Gasteiger charge is 2.12. The molecule has 0 spiro atoms. The number of carbonyl (C=O) groups excluding carboxylic acids is 1. The van der Waals surface area contributed by atoms with Gasteiger partial charge in [-0.3, -0.25) is 4.79 Å². The van der Waals surface area contributed by atoms with Gasteiger partial charge < -0.3 is 11.1 Å². The average molecular weight is 279 g/mol. The van der Waals surface area contributed by atoms with Crippen LogP contribution in [0.25, 0.3) is 0 Å². The fraction of sp³-hybridized carbons (Fsp3) is 0.0714. The van der Waals surface area contributed by atoms with Gasteiger partial charge in [-0.2, -0.15) is 0 Å². The third-order valence-electron chi connectivity index (χ3n) is 2.59. The van der Waals surface area contributed by atoms with Crippen LogP contribution in [0.5, 0.6) is 0 Å². The van der Waals surface area contributed by atoms with Crippen molar-refractivity contribution >= 4 is 23.2 Å². The first-order chi connectivity index (χ1) is 9.10. The Morgan fingerprint density at radius 1 is 1.26 bits per heavy atom. The number of hydrogen-bond acceptors (Lipinski definition) is 2. The van der Waals surface area contributed by atoms with Gasteiger partial charge in [0.1, 0.15) is 5.82 Å². The molecule has 2 aromatic rings. The van der Waals surface area contributed by atoms with E-state index in [9.17, 15) is 9.18 Å². The smallest absolute Gasteiger partial charge is 0.258 e. The predicted octanol–water partition coefficient (Wildman–Crippen LogP) is 3.19. The van der Waals surface area contributed by atoms with Crippen LogP contribution in [0.2, 0.25) is 5.02 Å². The van der Waals surface area contributed by atoms with Crippen molar-refractivity contribution in [3.63, 3.8) is 0 Å². The normalized spacial score (nSPS) is 10.3. The van der Waals surface area contributed by atoms with E-state index in [4.69, 9.17) is 17.3 Å². The Balaban J connectivity index is 2.23. The Bertz CT molecular complexity index is 616. The molecule has 0 aliphatic rings. The Morgan fingerprint density at radius 2 is 2.05 bits per heavy atom. The number of benzene rings is 2. The van der Waals surface area contributed by atoms with Crippen LogP contribution in [0, 0.1) is 5.82 Å². The van der Waals surface area contributed by atoms with Gasteiger partial charge in [0, 0.05) is 17.3 Å². The van der Waals surface area contributed by atoms with Gasteiger partial charge in [0.05, 0.1) is 5.56 Å². The van der Waals surface area contributed by atoms with Gasteiger partial charge in [-0.15, -0.1) is 0 Å². The zero-order valence-corrected chi connectivity index (χ0v) is 10.7. The van der Waals surface area contributed by atoms with Crippen molar-refractivity contribution in [2.24, 2.45) is 5.73 Å². The van der Waals surface area contributed by atoms with Gasteiger partial charge in [0.2, 0.25) is 0 Å². The number of nitrogens with one attached hydrogen (secondary N) is 1. The molecule has 2 rings (SSSR count). The fourth-order valence-electron chi connectivity index (χ4n) is 1.65. The molecule has 5 heteroatoms. The molecule has 0 saturated heterocycles. The summed E-state index contributed by atoms with van der Waals surface area (Å²) in [4.78, 5) is 11.9. The topological polar surface area (TPSA) is 55.1 Å². The van der Waals surface area contributed by atoms with Crippen LogP contribution in [0.3, 0.4) is 0 Å². The Labute approximate surface area is 115 Å². The summed E-state index contributed by atoms with van der Waals surface area (Å²) in [6.07, 6.45) is 0. The van der Waals surface area contributed by atoms with Gasteiger partial charge in [-0.05, 0) is 35.9 Å². The molecule has 0 bridgehead atoms. The van der Waals surface area contributed by atoms with Crippen molar-refractivity contribution < 1.29 is 9.18 Å². The molecule has 1 amide bonds. The first kappa shape index (κ1) is 13.5. The van der Waals surface area contributed by atoms with Crippen LogP contribution in [-0.2, 0) is 6.54 Å². The standard InChI is InChI=1S/C14H12ClFN2O/c15-10-4-5-13(16)12(7-10)14(19)18-11-3-1-2-9(6-11)8-17/h1-7H,8,17H2,(H,18,19). The van der Waals surface area contributed by atoms with E-state index in [1.807, 2.05) is 6.07 Å². The van der Waals surface area contributed by atoms with Crippen molar-refractivity contribution in [1.82, 2.24) is 0 Å². The first-order valence-corrected chi connectivity index (χ1v) is 6.03. The van der Waals surface area contributed by atoms with Crippen molar-refractivity contribution in [3.05, 3.63) is 64.4 Å². The zero-order valence-electron chi connectivity index (χ0n) is 9.99. The summed E-state index contributed by atoms with van der Waals surface area (Å²) in [7, 11) is 0. The largest absolute Gasteiger partial charge is 0.326 e. The number of hydrogen-bond donors (Lipinski definition) is 2. The minimum Gasteiger partial charge on any atom is -0.326 e. The fourth-order valence-corrected chi connectivity index (χ4v) is 1.82. The summed E-state index contributed by atoms with van der Waals surface area (Å²) in [6.45, 7) is 0.370. The van der Waals surface area contributed by atoms with Gasteiger partial charge in [0.15, 0.2) is 0 Å². The predicted molar refractivity (Wildman–Crippen MR) is 73.7 cm³/mol. The Hall–Kier alpha value is -1.91. The van der Waals surface area contributed by atoms with E-state index in [-0.39, 0.29) is 5.56 Å². The number of carbonyl (C=O) groups is 1. The molecule has 0 unspecified atom stereocenters. The number of rotatable bonds is 3. The molecule has 3 N–H and O–H groups in total. The highest BCUT2D eigenvalue weighted by atomic mass is 35.5. The molecule has 0 aliphatic carbocycles. The molecule has 0 aromatic heterocycles. The maximum Gasteiger partial charge on any atom is 0.258 e. The van der Waals surface area contributed by atoms with Crippen LogP contribution in [0.15, 0.2) is 42.5 Å². The summed E-state index contributed by atoms with van der Waals surface area (Å²) in [5, 5.41) is 2.92. The quantitative estimate of drug-likeness (QED) is 0.906. The molecule has 0 heterocycles. The van der Waals surface area contributed by atoms with Crippen molar-refractivity contribution in [2.75, 3.05) is 5.32 Å². The van der Waals surface area contributed by atoms with Gasteiger partial charge in [0.25, 0.3) is 5.91 Å². The van der Waals surface area contributed by atoms with E-state index in [1.165, 1.54) is 12.1 Å². The van der Waals surface area contributed by atoms with E-state index in [0.717, 1.165) is 11.6 Å². The lowest BCUT2D eigenvalue weighted by molar-refractivity contribution is 0.102. The number of amides is 1. The molecule has 2 aromatic carbocycles. The number of nitrogens with two attached hydrogens (primary N) is 1. The van der Waals surface area contributed by atoms with Crippen molar-refractivity contribution in [1.29, 1.82) is 0 Å². The second-order valence-electron chi connectivity index (χ2n) is 3.98. The summed E-state index contributed by atoms with van der Waals surface area (Å²) in [5.41, 5.74) is 6.86. The van der Waals surface area contributed by atoms with E-state index in [2.05, 4.69) is 5.32 Å². The lowest BCUT2D eigenvalue weighted by Crippen LogP contribution is -2.14. The highest BCUT2D eigenvalue weighted by Crippen LogP contribution is 2.17. The van der Waals surface area contributed by atoms with Crippen LogP contribution in [0.1, 0.15) is 15.9 Å². The van der Waals surface area contributed by atoms with E-state index in [0.29, 0.717) is 17.3 Å². The SMILES string of the molecule is NCc1cccc(NC(=O)c2cc(Cl)ccc2F)c1. The van der Waals surface area contributed by atoms with Crippen LogP contribution in [-0.4, -0.2) is 5.91 Å². The molecular formula is C14H12ClFN2O. The van der Waals surface area contributed by atoms with Crippen LogP contribution in [0.4, 0.5) is 10.1 Å². The minimum atomic E-state index is -0.614. The lowest BCUT2D eigenvalue weighted by Gasteiger charge is -2.07. The number of halogens is 2. The maximum atomic E-state index is 13.5. The third-order valence-corrected chi connectivity index (χ3v) is 2.83. The minimum absolute atomic E-state index is 0.0920. The second-order valence-corrected chi connectivity index (χ2v) is 4.42. The highest BCUT2D eigenvalue weighted by molar-refractivity contribution is 6.31. The van der Waals surface area contributed by atoms with E-state index < -0.39 is 11.7 Å². The summed E-state index contributed by atoms with van der Waals surface area (Å²) in [5.74, 6) is -1.16. The maximum absolute atomic E-state index is 13.5. The van der Waals surface area contributed by atoms with Crippen LogP contribution < -0.4 is 11.1 Å². The Kier molecular flexibility index (Phi) is 4.14. The lowest BCUT2D eigenvalue weighted by atomic mass is 10.1. The first-order valence-electron chi connectivity index (χ1n) is 5.65. The second kappa shape index (κ2) is 5.82. The monoisotopic (exact) mass is 278 g/mol. The molecular weight excluding hydrogens is 267 g/mol. The summed E-state index contributed by atoms with van der Waals surface area (Å²) >= 11 is 5.75. The average Bonchev–Trinajstić information content (AvgIpc) is 2.41.